The van der Waals surface area contributed by atoms with E-state index in [2.05, 4.69) is 6.92 Å². The van der Waals surface area contributed by atoms with E-state index in [-0.39, 0.29) is 5.56 Å². The molecule has 0 atom stereocenters. The van der Waals surface area contributed by atoms with Crippen LogP contribution in [0.15, 0.2) is 24.3 Å². The number of hydrogen-bond acceptors (Lipinski definition) is 2. The molecule has 0 aliphatic carbocycles. The second-order valence-electron chi connectivity index (χ2n) is 6.44. The van der Waals surface area contributed by atoms with Gasteiger partial charge in [0, 0.05) is 5.56 Å². The number of halogens is 3. The van der Waals surface area contributed by atoms with Gasteiger partial charge in [0.2, 0.25) is 5.78 Å². The maximum atomic E-state index is 12.2. The lowest BCUT2D eigenvalue weighted by atomic mass is 10.0. The van der Waals surface area contributed by atoms with Gasteiger partial charge in [0.25, 0.3) is 0 Å². The van der Waals surface area contributed by atoms with Crippen molar-refractivity contribution in [1.82, 2.24) is 0 Å². The van der Waals surface area contributed by atoms with Gasteiger partial charge in [-0.05, 0) is 18.4 Å². The van der Waals surface area contributed by atoms with Crippen LogP contribution in [0.5, 0.6) is 0 Å². The molecule has 0 amide bonds. The number of Topliss-reactive ketones (excluding diaryl/α,β-unsaturated/α-hetero) is 2. The van der Waals surface area contributed by atoms with E-state index in [1.54, 1.807) is 12.1 Å². The number of rotatable bonds is 12. The average Bonchev–Trinajstić information content (AvgIpc) is 2.57. The fourth-order valence-corrected chi connectivity index (χ4v) is 2.67. The van der Waals surface area contributed by atoms with Crippen molar-refractivity contribution in [2.24, 2.45) is 0 Å². The van der Waals surface area contributed by atoms with Crippen LogP contribution in [0.2, 0.25) is 0 Å². The predicted molar refractivity (Wildman–Crippen MR) is 92.8 cm³/mol. The standard InChI is InChI=1S/C20H27F3O2/c1-2-3-4-5-6-7-8-9-10-16-11-13-17(14-12-16)18(24)15-19(25)20(21,22)23/h11-14H,2-10,15H2,1H3. The molecule has 0 unspecified atom stereocenters. The molecule has 140 valence electrons. The number of carbonyl (C=O) groups is 2. The molecule has 0 aliphatic rings. The molecule has 0 saturated carbocycles. The zero-order valence-corrected chi connectivity index (χ0v) is 14.8. The first kappa shape index (κ1) is 21.4. The first-order valence-electron chi connectivity index (χ1n) is 9.06. The van der Waals surface area contributed by atoms with Gasteiger partial charge in [-0.2, -0.15) is 13.2 Å². The van der Waals surface area contributed by atoms with E-state index in [4.69, 9.17) is 0 Å². The summed E-state index contributed by atoms with van der Waals surface area (Å²) < 4.78 is 36.5. The van der Waals surface area contributed by atoms with Crippen LogP contribution in [0, 0.1) is 0 Å². The van der Waals surface area contributed by atoms with Gasteiger partial charge in [-0.1, -0.05) is 76.1 Å². The third kappa shape index (κ3) is 8.84. The van der Waals surface area contributed by atoms with Crippen LogP contribution in [0.25, 0.3) is 0 Å². The van der Waals surface area contributed by atoms with Crippen LogP contribution < -0.4 is 0 Å². The Balaban J connectivity index is 2.29. The zero-order chi connectivity index (χ0) is 18.7. The largest absolute Gasteiger partial charge is 0.450 e. The molecular weight excluding hydrogens is 329 g/mol. The summed E-state index contributed by atoms with van der Waals surface area (Å²) in [6.45, 7) is 2.20. The van der Waals surface area contributed by atoms with Gasteiger partial charge in [-0.25, -0.2) is 0 Å². The first-order chi connectivity index (χ1) is 11.8. The molecule has 0 saturated heterocycles. The molecule has 0 bridgehead atoms. The van der Waals surface area contributed by atoms with Crippen molar-refractivity contribution in [2.75, 3.05) is 0 Å². The second-order valence-corrected chi connectivity index (χ2v) is 6.44. The highest BCUT2D eigenvalue weighted by molar-refractivity contribution is 6.09. The topological polar surface area (TPSA) is 34.1 Å². The number of carbonyl (C=O) groups excluding carboxylic acids is 2. The van der Waals surface area contributed by atoms with E-state index in [0.29, 0.717) is 0 Å². The summed E-state index contributed by atoms with van der Waals surface area (Å²) in [5.74, 6) is -2.79. The summed E-state index contributed by atoms with van der Waals surface area (Å²) in [5, 5.41) is 0. The molecule has 0 radical (unpaired) electrons. The minimum atomic E-state index is -4.95. The normalized spacial score (nSPS) is 11.5. The van der Waals surface area contributed by atoms with Crippen LogP contribution in [0.1, 0.15) is 80.6 Å². The number of alkyl halides is 3. The summed E-state index contributed by atoms with van der Waals surface area (Å²) in [6.07, 6.45) is 4.69. The van der Waals surface area contributed by atoms with Crippen molar-refractivity contribution < 1.29 is 22.8 Å². The van der Waals surface area contributed by atoms with Crippen LogP contribution in [-0.2, 0) is 11.2 Å². The van der Waals surface area contributed by atoms with E-state index in [1.807, 2.05) is 0 Å². The smallest absolute Gasteiger partial charge is 0.294 e. The first-order valence-corrected chi connectivity index (χ1v) is 9.06. The Morgan fingerprint density at radius 1 is 0.840 bits per heavy atom. The van der Waals surface area contributed by atoms with Crippen molar-refractivity contribution in [1.29, 1.82) is 0 Å². The van der Waals surface area contributed by atoms with Gasteiger partial charge >= 0.3 is 6.18 Å². The summed E-state index contributed by atoms with van der Waals surface area (Å²) in [4.78, 5) is 22.6. The van der Waals surface area contributed by atoms with E-state index < -0.39 is 24.2 Å². The summed E-state index contributed by atoms with van der Waals surface area (Å²) in [6, 6.07) is 6.53. The second kappa shape index (κ2) is 11.1. The molecule has 0 fully saturated rings. The molecule has 2 nitrogen and oxygen atoms in total. The molecule has 1 rings (SSSR count). The molecular formula is C20H27F3O2. The van der Waals surface area contributed by atoms with E-state index >= 15 is 0 Å². The molecule has 0 aromatic heterocycles. The highest BCUT2D eigenvalue weighted by Crippen LogP contribution is 2.19. The molecule has 1 aromatic carbocycles. The lowest BCUT2D eigenvalue weighted by molar-refractivity contribution is -0.170. The number of hydrogen-bond donors (Lipinski definition) is 0. The molecule has 0 spiro atoms. The average molecular weight is 356 g/mol. The molecule has 1 aromatic rings. The van der Waals surface area contributed by atoms with Crippen molar-refractivity contribution in [3.63, 3.8) is 0 Å². The number of benzene rings is 1. The van der Waals surface area contributed by atoms with Crippen molar-refractivity contribution in [3.8, 4) is 0 Å². The quantitative estimate of drug-likeness (QED) is 0.259. The summed E-state index contributed by atoms with van der Waals surface area (Å²) in [5.41, 5.74) is 1.21. The maximum Gasteiger partial charge on any atom is 0.450 e. The van der Waals surface area contributed by atoms with Crippen LogP contribution in [0.3, 0.4) is 0 Å². The van der Waals surface area contributed by atoms with Crippen molar-refractivity contribution in [2.45, 2.75) is 77.3 Å². The van der Waals surface area contributed by atoms with Gasteiger partial charge in [-0.3, -0.25) is 9.59 Å². The molecule has 0 aliphatic heterocycles. The highest BCUT2D eigenvalue weighted by atomic mass is 19.4. The minimum absolute atomic E-state index is 0.150. The Morgan fingerprint density at radius 3 is 1.88 bits per heavy atom. The van der Waals surface area contributed by atoms with E-state index in [0.717, 1.165) is 24.8 Å². The Labute approximate surface area is 147 Å². The predicted octanol–water partition coefficient (Wildman–Crippen LogP) is 6.07. The fraction of sp³-hybridized carbons (Fsp3) is 0.600. The molecule has 25 heavy (non-hydrogen) atoms. The van der Waals surface area contributed by atoms with Crippen LogP contribution >= 0.6 is 0 Å². The molecule has 0 N–H and O–H groups in total. The Hall–Kier alpha value is -1.65. The van der Waals surface area contributed by atoms with Gasteiger partial charge in [0.1, 0.15) is 0 Å². The number of ketones is 2. The van der Waals surface area contributed by atoms with Crippen molar-refractivity contribution in [3.05, 3.63) is 35.4 Å². The monoisotopic (exact) mass is 356 g/mol. The lowest BCUT2D eigenvalue weighted by Crippen LogP contribution is -2.25. The summed E-state index contributed by atoms with van der Waals surface area (Å²) >= 11 is 0. The molecule has 5 heteroatoms. The van der Waals surface area contributed by atoms with Crippen LogP contribution in [0.4, 0.5) is 13.2 Å². The Morgan fingerprint density at radius 2 is 1.36 bits per heavy atom. The van der Waals surface area contributed by atoms with E-state index in [1.165, 1.54) is 50.7 Å². The van der Waals surface area contributed by atoms with Gasteiger partial charge < -0.3 is 0 Å². The Bertz CT molecular complexity index is 533. The third-order valence-electron chi connectivity index (χ3n) is 4.23. The third-order valence-corrected chi connectivity index (χ3v) is 4.23. The van der Waals surface area contributed by atoms with Gasteiger partial charge in [0.05, 0.1) is 6.42 Å². The van der Waals surface area contributed by atoms with Gasteiger partial charge in [-0.15, -0.1) is 0 Å². The van der Waals surface area contributed by atoms with Gasteiger partial charge in [0.15, 0.2) is 5.78 Å². The number of aryl methyl sites for hydroxylation is 1. The minimum Gasteiger partial charge on any atom is -0.294 e. The summed E-state index contributed by atoms with van der Waals surface area (Å²) in [7, 11) is 0. The van der Waals surface area contributed by atoms with E-state index in [9.17, 15) is 22.8 Å². The molecule has 0 heterocycles. The fourth-order valence-electron chi connectivity index (χ4n) is 2.67. The SMILES string of the molecule is CCCCCCCCCCc1ccc(C(=O)CC(=O)C(F)(F)F)cc1. The van der Waals surface area contributed by atoms with Crippen molar-refractivity contribution >= 4 is 11.6 Å². The lowest BCUT2D eigenvalue weighted by Gasteiger charge is -2.06. The Kier molecular flexibility index (Phi) is 9.46. The highest BCUT2D eigenvalue weighted by Gasteiger charge is 2.39. The van der Waals surface area contributed by atoms with Crippen LogP contribution in [-0.4, -0.2) is 17.7 Å². The maximum absolute atomic E-state index is 12.2. The zero-order valence-electron chi connectivity index (χ0n) is 14.8. The number of unbranched alkanes of at least 4 members (excludes halogenated alkanes) is 7.